The van der Waals surface area contributed by atoms with Crippen LogP contribution in [-0.4, -0.2) is 95.6 Å². The number of aliphatic hydroxyl groups excluding tert-OH is 4. The molecule has 0 amide bonds. The van der Waals surface area contributed by atoms with Crippen LogP contribution in [0, 0.1) is 0 Å². The van der Waals surface area contributed by atoms with Crippen LogP contribution < -0.4 is 37.9 Å². The van der Waals surface area contributed by atoms with Crippen molar-refractivity contribution in [3.8, 4) is 69.0 Å². The topological polar surface area (TPSA) is 254 Å². The Kier molecular flexibility index (Phi) is 15.2. The van der Waals surface area contributed by atoms with Gasteiger partial charge in [-0.2, -0.15) is 0 Å². The largest absolute Gasteiger partial charge is 0.496 e. The first-order valence-corrected chi connectivity index (χ1v) is 26.2. The quantitative estimate of drug-likeness (QED) is 0.0660. The van der Waals surface area contributed by atoms with Gasteiger partial charge in [0.15, 0.2) is 46.7 Å². The smallest absolute Gasteiger partial charge is 0.164 e. The van der Waals surface area contributed by atoms with E-state index in [0.717, 1.165) is 0 Å². The van der Waals surface area contributed by atoms with Crippen LogP contribution in [0.4, 0.5) is 0 Å². The second-order valence-electron chi connectivity index (χ2n) is 19.2. The van der Waals surface area contributed by atoms with Crippen LogP contribution in [0.2, 0.25) is 0 Å². The fraction of sp³-hybridized carbons (Fsp3) is 0.125. The second kappa shape index (κ2) is 23.3. The van der Waals surface area contributed by atoms with Gasteiger partial charge in [0.2, 0.25) is 0 Å². The van der Waals surface area contributed by atoms with Crippen LogP contribution in [0.15, 0.2) is 186 Å². The number of fused-ring (bicyclic) bond motifs is 16. The Bertz CT molecular complexity index is 3790. The maximum absolute atomic E-state index is 9.92. The van der Waals surface area contributed by atoms with Crippen LogP contribution >= 0.6 is 0 Å². The molecule has 5 heterocycles. The predicted molar refractivity (Wildman–Crippen MR) is 314 cm³/mol. The number of rotatable bonds is 16. The van der Waals surface area contributed by atoms with Crippen molar-refractivity contribution in [2.45, 2.75) is 26.4 Å². The third kappa shape index (κ3) is 10.6. The molecule has 8 bridgehead atoms. The van der Waals surface area contributed by atoms with Crippen molar-refractivity contribution < 1.29 is 77.8 Å². The van der Waals surface area contributed by atoms with Crippen molar-refractivity contribution >= 4 is 46.7 Å². The molecule has 5 aliphatic heterocycles. The summed E-state index contributed by atoms with van der Waals surface area (Å²) in [5.74, 6) is 7.67. The molecule has 8 aromatic rings. The molecule has 418 valence electrons. The first kappa shape index (κ1) is 55.5. The van der Waals surface area contributed by atoms with Crippen molar-refractivity contribution in [1.29, 1.82) is 0 Å². The Balaban J connectivity index is 0.00000709. The molecule has 0 atom stereocenters. The molecule has 85 heavy (non-hydrogen) atoms. The van der Waals surface area contributed by atoms with Crippen LogP contribution in [-0.2, 0) is 45.9 Å². The summed E-state index contributed by atoms with van der Waals surface area (Å²) in [5, 5.41) is 39.7. The summed E-state index contributed by atoms with van der Waals surface area (Å²) in [6.07, 6.45) is 0. The van der Waals surface area contributed by atoms with Gasteiger partial charge in [0.1, 0.15) is 69.0 Å². The number of amidine groups is 8. The van der Waals surface area contributed by atoms with E-state index >= 15 is 0 Å². The number of hydrogen-bond acceptors (Lipinski definition) is 20. The maximum Gasteiger partial charge on any atom is 0.164 e. The molecule has 0 aromatic heterocycles. The van der Waals surface area contributed by atoms with E-state index in [4.69, 9.17) is 77.8 Å². The van der Waals surface area contributed by atoms with E-state index in [1.54, 1.807) is 97.1 Å². The van der Waals surface area contributed by atoms with Gasteiger partial charge in [0.05, 0.1) is 54.9 Å². The molecular weight excluding hydrogens is 1140 g/mol. The summed E-state index contributed by atoms with van der Waals surface area (Å²) in [6, 6.07) is 42.6. The average molecular weight is 1190 g/mol. The monoisotopic (exact) mass is 1180 g/mol. The van der Waals surface area contributed by atoms with Gasteiger partial charge in [-0.15, -0.1) is 0 Å². The van der Waals surface area contributed by atoms with Gasteiger partial charge in [0, 0.05) is 111 Å². The van der Waals surface area contributed by atoms with Gasteiger partial charge in [-0.25, -0.2) is 39.9 Å². The molecule has 0 saturated heterocycles. The molecule has 4 N–H and O–H groups in total. The maximum atomic E-state index is 9.92. The average Bonchev–Trinajstić information content (AvgIpc) is 3.74. The van der Waals surface area contributed by atoms with Crippen LogP contribution in [0.3, 0.4) is 0 Å². The third-order valence-corrected chi connectivity index (χ3v) is 14.2. The zero-order valence-corrected chi connectivity index (χ0v) is 49.0. The van der Waals surface area contributed by atoms with E-state index in [1.807, 2.05) is 48.5 Å². The molecule has 0 aliphatic carbocycles. The zero-order valence-electron chi connectivity index (χ0n) is 46.0. The summed E-state index contributed by atoms with van der Waals surface area (Å²) in [6.45, 7) is -0.845. The zero-order chi connectivity index (χ0) is 57.6. The molecule has 5 aliphatic rings. The molecule has 0 fully saturated rings. The molecule has 21 heteroatoms. The standard InChI is InChI=1S/C64H48N8O12.Zn/c1-77-53-25-41(9-5-33(53)29-73)81-37-13-17-45-49(21-37)61-65-57(45)70-62-51-23-39(83-43-11-7-35(31-75)55(27-43)79-3)15-19-47(51)59(67-62)72-64-52-24-40(84-44-12-8-36(32-76)56(28-44)80-4)16-20-48(52)60(68-64)71-63-50-22-38(14-18-46(50)58(66-63)69-61)82-42-10-6-34(30-74)54(26-42)78-2;/h5-28,73-76H,29-32H2,1-4H3;. The van der Waals surface area contributed by atoms with Crippen molar-refractivity contribution in [3.05, 3.63) is 212 Å². The normalized spacial score (nSPS) is 13.8. The Hall–Kier alpha value is -10.0. The molecule has 0 saturated carbocycles. The Morgan fingerprint density at radius 3 is 0.612 bits per heavy atom. The molecular formula is C64H48N8O12Zn. The van der Waals surface area contributed by atoms with Crippen LogP contribution in [0.1, 0.15) is 66.8 Å². The number of methoxy groups -OCH3 is 4. The summed E-state index contributed by atoms with van der Waals surface area (Å²) in [7, 11) is 6.10. The summed E-state index contributed by atoms with van der Waals surface area (Å²) in [5.41, 5.74) is 7.14. The number of aliphatic imine (C=N–C) groups is 8. The predicted octanol–water partition coefficient (Wildman–Crippen LogP) is 10.00. The Morgan fingerprint density at radius 2 is 0.424 bits per heavy atom. The van der Waals surface area contributed by atoms with Crippen LogP contribution in [0.25, 0.3) is 0 Å². The van der Waals surface area contributed by atoms with E-state index in [0.29, 0.717) is 136 Å². The van der Waals surface area contributed by atoms with Crippen molar-refractivity contribution in [2.75, 3.05) is 28.4 Å². The third-order valence-electron chi connectivity index (χ3n) is 14.2. The molecule has 20 nitrogen and oxygen atoms in total. The SMILES string of the molecule is COc1cc(Oc2ccc3c(c2)C2=NC3=NC3=NC(=NC4=NC(=NC5=NC(=N2)c2ccc(Oc6ccc(CO)c(OC)c6)cc25)c2ccc(Oc5ccc(CO)c(OC)c5)cc24)c2ccc(Oc4ccc(CO)c(OC)c4)cc23)ccc1CO.[Zn]. The molecule has 0 radical (unpaired) electrons. The Morgan fingerprint density at radius 1 is 0.247 bits per heavy atom. The fourth-order valence-electron chi connectivity index (χ4n) is 10.1. The summed E-state index contributed by atoms with van der Waals surface area (Å²) < 4.78 is 47.8. The molecule has 13 rings (SSSR count). The molecule has 0 spiro atoms. The summed E-state index contributed by atoms with van der Waals surface area (Å²) in [4.78, 5) is 41.2. The van der Waals surface area contributed by atoms with E-state index in [9.17, 15) is 20.4 Å². The number of aliphatic hydroxyl groups is 4. The number of nitrogens with zero attached hydrogens (tertiary/aromatic N) is 8. The Labute approximate surface area is 498 Å². The van der Waals surface area contributed by atoms with Gasteiger partial charge in [-0.3, -0.25) is 0 Å². The van der Waals surface area contributed by atoms with Gasteiger partial charge >= 0.3 is 0 Å². The van der Waals surface area contributed by atoms with Gasteiger partial charge in [0.25, 0.3) is 0 Å². The van der Waals surface area contributed by atoms with Crippen molar-refractivity contribution in [3.63, 3.8) is 0 Å². The minimum atomic E-state index is -0.211. The van der Waals surface area contributed by atoms with E-state index in [1.165, 1.54) is 28.4 Å². The summed E-state index contributed by atoms with van der Waals surface area (Å²) >= 11 is 0. The van der Waals surface area contributed by atoms with Crippen molar-refractivity contribution in [1.82, 2.24) is 0 Å². The first-order valence-electron chi connectivity index (χ1n) is 26.2. The minimum Gasteiger partial charge on any atom is -0.496 e. The van der Waals surface area contributed by atoms with Gasteiger partial charge < -0.3 is 58.3 Å². The van der Waals surface area contributed by atoms with Crippen LogP contribution in [0.5, 0.6) is 69.0 Å². The van der Waals surface area contributed by atoms with Gasteiger partial charge in [-0.1, -0.05) is 0 Å². The number of hydrogen-bond donors (Lipinski definition) is 4. The van der Waals surface area contributed by atoms with Crippen molar-refractivity contribution in [2.24, 2.45) is 39.9 Å². The van der Waals surface area contributed by atoms with Gasteiger partial charge in [-0.05, 0) is 121 Å². The van der Waals surface area contributed by atoms with E-state index < -0.39 is 0 Å². The molecule has 8 aromatic carbocycles. The second-order valence-corrected chi connectivity index (χ2v) is 19.2. The number of benzene rings is 8. The van der Waals surface area contributed by atoms with E-state index in [-0.39, 0.29) is 92.6 Å². The van der Waals surface area contributed by atoms with E-state index in [2.05, 4.69) is 0 Å². The molecule has 0 unspecified atom stereocenters. The first-order chi connectivity index (χ1) is 41.1. The number of ether oxygens (including phenoxy) is 8. The minimum absolute atomic E-state index is 0. The fourth-order valence-corrected chi connectivity index (χ4v) is 10.1.